The van der Waals surface area contributed by atoms with Gasteiger partial charge in [-0.05, 0) is 25.0 Å². The van der Waals surface area contributed by atoms with Crippen LogP contribution in [0.4, 0.5) is 5.82 Å². The third kappa shape index (κ3) is 3.26. The standard InChI is InChI=1S/C14H21N3O3/c1-17(2)12-9-11(3-6-15-12)13(19)16-14(10-18)4-7-20-8-5-14/h3,6,9,18H,4-5,7-8,10H2,1-2H3,(H,16,19). The predicted molar refractivity (Wildman–Crippen MR) is 75.9 cm³/mol. The molecule has 1 saturated heterocycles. The number of anilines is 1. The average Bonchev–Trinajstić information content (AvgIpc) is 2.48. The molecule has 0 aromatic carbocycles. The summed E-state index contributed by atoms with van der Waals surface area (Å²) in [6.45, 7) is 1.04. The third-order valence-corrected chi connectivity index (χ3v) is 3.60. The molecule has 0 saturated carbocycles. The summed E-state index contributed by atoms with van der Waals surface area (Å²) in [5.41, 5.74) is -0.0281. The van der Waals surface area contributed by atoms with Crippen molar-refractivity contribution in [3.8, 4) is 0 Å². The van der Waals surface area contributed by atoms with Gasteiger partial charge in [-0.15, -0.1) is 0 Å². The molecule has 1 aromatic heterocycles. The van der Waals surface area contributed by atoms with Gasteiger partial charge in [0.25, 0.3) is 5.91 Å². The van der Waals surface area contributed by atoms with Gasteiger partial charge < -0.3 is 20.1 Å². The van der Waals surface area contributed by atoms with Gasteiger partial charge in [-0.3, -0.25) is 4.79 Å². The molecule has 2 rings (SSSR count). The van der Waals surface area contributed by atoms with E-state index in [9.17, 15) is 9.90 Å². The number of aromatic nitrogens is 1. The number of nitrogens with zero attached hydrogens (tertiary/aromatic N) is 2. The van der Waals surface area contributed by atoms with Gasteiger partial charge in [0.2, 0.25) is 0 Å². The van der Waals surface area contributed by atoms with Gasteiger partial charge in [0.15, 0.2) is 0 Å². The van der Waals surface area contributed by atoms with Gasteiger partial charge in [-0.25, -0.2) is 4.98 Å². The lowest BCUT2D eigenvalue weighted by Gasteiger charge is -2.36. The molecular formula is C14H21N3O3. The monoisotopic (exact) mass is 279 g/mol. The third-order valence-electron chi connectivity index (χ3n) is 3.60. The number of hydrogen-bond acceptors (Lipinski definition) is 5. The molecule has 20 heavy (non-hydrogen) atoms. The Morgan fingerprint density at radius 3 is 2.80 bits per heavy atom. The molecule has 2 N–H and O–H groups in total. The van der Waals surface area contributed by atoms with E-state index in [1.165, 1.54) is 0 Å². The molecule has 0 unspecified atom stereocenters. The Kier molecular flexibility index (Phi) is 4.57. The van der Waals surface area contributed by atoms with E-state index in [0.717, 1.165) is 5.82 Å². The van der Waals surface area contributed by atoms with Crippen LogP contribution in [0.2, 0.25) is 0 Å². The summed E-state index contributed by atoms with van der Waals surface area (Å²) in [6, 6.07) is 3.41. The van der Waals surface area contributed by atoms with Crippen molar-refractivity contribution in [2.24, 2.45) is 0 Å². The Bertz CT molecular complexity index is 470. The van der Waals surface area contributed by atoms with Gasteiger partial charge in [0, 0.05) is 39.1 Å². The Labute approximate surface area is 118 Å². The van der Waals surface area contributed by atoms with Crippen LogP contribution in [-0.4, -0.2) is 55.5 Å². The maximum absolute atomic E-state index is 12.3. The highest BCUT2D eigenvalue weighted by atomic mass is 16.5. The summed E-state index contributed by atoms with van der Waals surface area (Å²) in [4.78, 5) is 18.4. The van der Waals surface area contributed by atoms with Crippen LogP contribution >= 0.6 is 0 Å². The smallest absolute Gasteiger partial charge is 0.251 e. The van der Waals surface area contributed by atoms with Crippen LogP contribution in [0.3, 0.4) is 0 Å². The number of carbonyl (C=O) groups excluding carboxylic acids is 1. The molecule has 1 aliphatic rings. The number of ether oxygens (including phenoxy) is 1. The first-order chi connectivity index (χ1) is 9.56. The van der Waals surface area contributed by atoms with Crippen molar-refractivity contribution in [2.75, 3.05) is 38.8 Å². The van der Waals surface area contributed by atoms with Crippen molar-refractivity contribution >= 4 is 11.7 Å². The lowest BCUT2D eigenvalue weighted by Crippen LogP contribution is -2.54. The summed E-state index contributed by atoms with van der Waals surface area (Å²) >= 11 is 0. The number of aliphatic hydroxyl groups excluding tert-OH is 1. The lowest BCUT2D eigenvalue weighted by molar-refractivity contribution is 0.0125. The van der Waals surface area contributed by atoms with E-state index in [1.54, 1.807) is 18.3 Å². The molecule has 1 aliphatic heterocycles. The van der Waals surface area contributed by atoms with Crippen molar-refractivity contribution in [3.05, 3.63) is 23.9 Å². The highest BCUT2D eigenvalue weighted by molar-refractivity contribution is 5.95. The molecular weight excluding hydrogens is 258 g/mol. The lowest BCUT2D eigenvalue weighted by atomic mass is 9.90. The molecule has 1 amide bonds. The first-order valence-corrected chi connectivity index (χ1v) is 6.71. The number of pyridine rings is 1. The summed E-state index contributed by atoms with van der Waals surface area (Å²) in [5, 5.41) is 12.5. The topological polar surface area (TPSA) is 74.7 Å². The molecule has 0 bridgehead atoms. The molecule has 0 spiro atoms. The summed E-state index contributed by atoms with van der Waals surface area (Å²) in [5.74, 6) is 0.536. The van der Waals surface area contributed by atoms with Gasteiger partial charge >= 0.3 is 0 Å². The number of nitrogens with one attached hydrogen (secondary N) is 1. The van der Waals surface area contributed by atoms with E-state index >= 15 is 0 Å². The number of rotatable bonds is 4. The van der Waals surface area contributed by atoms with E-state index in [4.69, 9.17) is 4.74 Å². The maximum Gasteiger partial charge on any atom is 0.251 e. The maximum atomic E-state index is 12.3. The first-order valence-electron chi connectivity index (χ1n) is 6.71. The zero-order chi connectivity index (χ0) is 14.6. The second-order valence-corrected chi connectivity index (χ2v) is 5.30. The Balaban J connectivity index is 2.12. The van der Waals surface area contributed by atoms with Crippen molar-refractivity contribution < 1.29 is 14.6 Å². The summed E-state index contributed by atoms with van der Waals surface area (Å²) < 4.78 is 5.29. The number of aliphatic hydroxyl groups is 1. The number of amides is 1. The van der Waals surface area contributed by atoms with Crippen LogP contribution < -0.4 is 10.2 Å². The van der Waals surface area contributed by atoms with E-state index in [1.807, 2.05) is 19.0 Å². The van der Waals surface area contributed by atoms with Crippen LogP contribution in [0.5, 0.6) is 0 Å². The van der Waals surface area contributed by atoms with Crippen LogP contribution in [0.15, 0.2) is 18.3 Å². The Morgan fingerprint density at radius 2 is 2.20 bits per heavy atom. The second kappa shape index (κ2) is 6.19. The van der Waals surface area contributed by atoms with Crippen molar-refractivity contribution in [1.29, 1.82) is 0 Å². The fourth-order valence-corrected chi connectivity index (χ4v) is 2.20. The van der Waals surface area contributed by atoms with Crippen LogP contribution in [0.1, 0.15) is 23.2 Å². The summed E-state index contributed by atoms with van der Waals surface area (Å²) in [7, 11) is 3.75. The Hall–Kier alpha value is -1.66. The molecule has 6 heteroatoms. The minimum absolute atomic E-state index is 0.0757. The highest BCUT2D eigenvalue weighted by Crippen LogP contribution is 2.21. The van der Waals surface area contributed by atoms with Crippen molar-refractivity contribution in [2.45, 2.75) is 18.4 Å². The predicted octanol–water partition coefficient (Wildman–Crippen LogP) is 0.419. The molecule has 0 radical (unpaired) electrons. The number of carbonyl (C=O) groups is 1. The van der Waals surface area contributed by atoms with Crippen molar-refractivity contribution in [1.82, 2.24) is 10.3 Å². The highest BCUT2D eigenvalue weighted by Gasteiger charge is 2.33. The molecule has 1 aromatic rings. The van der Waals surface area contributed by atoms with E-state index in [0.29, 0.717) is 31.6 Å². The average molecular weight is 279 g/mol. The molecule has 2 heterocycles. The quantitative estimate of drug-likeness (QED) is 0.835. The fraction of sp³-hybridized carbons (Fsp3) is 0.571. The second-order valence-electron chi connectivity index (χ2n) is 5.30. The SMILES string of the molecule is CN(C)c1cc(C(=O)NC2(CO)CCOCC2)ccn1. The largest absolute Gasteiger partial charge is 0.394 e. The van der Waals surface area contributed by atoms with Gasteiger partial charge in [0.1, 0.15) is 5.82 Å². The minimum atomic E-state index is -0.573. The van der Waals surface area contributed by atoms with Crippen molar-refractivity contribution in [3.63, 3.8) is 0 Å². The van der Waals surface area contributed by atoms with E-state index < -0.39 is 5.54 Å². The molecule has 110 valence electrons. The first kappa shape index (κ1) is 14.7. The van der Waals surface area contributed by atoms with E-state index in [-0.39, 0.29) is 12.5 Å². The molecule has 0 atom stereocenters. The van der Waals surface area contributed by atoms with Gasteiger partial charge in [-0.2, -0.15) is 0 Å². The van der Waals surface area contributed by atoms with E-state index in [2.05, 4.69) is 10.3 Å². The van der Waals surface area contributed by atoms with Gasteiger partial charge in [-0.1, -0.05) is 0 Å². The normalized spacial score (nSPS) is 17.6. The molecule has 1 fully saturated rings. The summed E-state index contributed by atoms with van der Waals surface area (Å²) in [6.07, 6.45) is 2.86. The fourth-order valence-electron chi connectivity index (χ4n) is 2.20. The number of hydrogen-bond donors (Lipinski definition) is 2. The van der Waals surface area contributed by atoms with Gasteiger partial charge in [0.05, 0.1) is 12.1 Å². The van der Waals surface area contributed by atoms with Crippen LogP contribution in [0, 0.1) is 0 Å². The zero-order valence-electron chi connectivity index (χ0n) is 11.9. The molecule has 6 nitrogen and oxygen atoms in total. The van der Waals surface area contributed by atoms with Crippen LogP contribution in [0.25, 0.3) is 0 Å². The minimum Gasteiger partial charge on any atom is -0.394 e. The van der Waals surface area contributed by atoms with Crippen LogP contribution in [-0.2, 0) is 4.74 Å². The Morgan fingerprint density at radius 1 is 1.50 bits per heavy atom. The molecule has 0 aliphatic carbocycles. The zero-order valence-corrected chi connectivity index (χ0v) is 11.9.